The van der Waals surface area contributed by atoms with Gasteiger partial charge in [-0.1, -0.05) is 40.2 Å². The molecule has 0 bridgehead atoms. The second-order valence-electron chi connectivity index (χ2n) is 3.19. The molecule has 13 heavy (non-hydrogen) atoms. The van der Waals surface area contributed by atoms with E-state index in [0.29, 0.717) is 0 Å². The fourth-order valence-electron chi connectivity index (χ4n) is 1.20. The first-order valence-electron chi connectivity index (χ1n) is 4.24. The van der Waals surface area contributed by atoms with Gasteiger partial charge in [0.15, 0.2) is 0 Å². The van der Waals surface area contributed by atoms with Gasteiger partial charge in [-0.3, -0.25) is 0 Å². The van der Waals surface area contributed by atoms with Gasteiger partial charge in [0.1, 0.15) is 0 Å². The molecule has 0 radical (unpaired) electrons. The van der Waals surface area contributed by atoms with Crippen LogP contribution >= 0.6 is 15.9 Å². The van der Waals surface area contributed by atoms with Crippen LogP contribution < -0.4 is 5.32 Å². The number of anilines is 1. The highest BCUT2D eigenvalue weighted by Crippen LogP contribution is 2.16. The van der Waals surface area contributed by atoms with Crippen molar-refractivity contribution in [3.05, 3.63) is 40.4 Å². The van der Waals surface area contributed by atoms with Crippen molar-refractivity contribution in [2.45, 2.75) is 13.8 Å². The molecular weight excluding hydrogens is 226 g/mol. The standard InChI is InChI=1S/C11H14BrN/c1-8-4-5-11(9(2)6-8)13-7-10(3)12/h4-6,13H,3,7H2,1-2H3. The lowest BCUT2D eigenvalue weighted by atomic mass is 10.1. The highest BCUT2D eigenvalue weighted by atomic mass is 79.9. The normalized spacial score (nSPS) is 9.77. The van der Waals surface area contributed by atoms with Gasteiger partial charge in [0.2, 0.25) is 0 Å². The predicted octanol–water partition coefficient (Wildman–Crippen LogP) is 3.62. The van der Waals surface area contributed by atoms with Gasteiger partial charge < -0.3 is 5.32 Å². The molecule has 0 saturated carbocycles. The zero-order valence-corrected chi connectivity index (χ0v) is 9.61. The molecule has 0 unspecified atom stereocenters. The molecule has 1 N–H and O–H groups in total. The number of nitrogens with one attached hydrogen (secondary N) is 1. The van der Waals surface area contributed by atoms with Gasteiger partial charge in [-0.05, 0) is 25.5 Å². The number of rotatable bonds is 3. The van der Waals surface area contributed by atoms with Crippen LogP contribution in [0.1, 0.15) is 11.1 Å². The number of benzene rings is 1. The summed E-state index contributed by atoms with van der Waals surface area (Å²) < 4.78 is 0.965. The van der Waals surface area contributed by atoms with Gasteiger partial charge in [0.25, 0.3) is 0 Å². The van der Waals surface area contributed by atoms with Crippen LogP contribution in [0.15, 0.2) is 29.3 Å². The summed E-state index contributed by atoms with van der Waals surface area (Å²) in [5.41, 5.74) is 3.74. The van der Waals surface area contributed by atoms with Gasteiger partial charge in [-0.15, -0.1) is 0 Å². The Morgan fingerprint density at radius 2 is 2.15 bits per heavy atom. The van der Waals surface area contributed by atoms with Crippen molar-refractivity contribution in [2.24, 2.45) is 0 Å². The van der Waals surface area contributed by atoms with E-state index < -0.39 is 0 Å². The van der Waals surface area contributed by atoms with Gasteiger partial charge >= 0.3 is 0 Å². The molecule has 0 aliphatic carbocycles. The minimum absolute atomic E-state index is 0.768. The third-order valence-electron chi connectivity index (χ3n) is 1.85. The van der Waals surface area contributed by atoms with Crippen LogP contribution in [0.5, 0.6) is 0 Å². The molecule has 70 valence electrons. The van der Waals surface area contributed by atoms with Crippen molar-refractivity contribution in [1.82, 2.24) is 0 Å². The van der Waals surface area contributed by atoms with E-state index in [1.165, 1.54) is 16.8 Å². The van der Waals surface area contributed by atoms with Gasteiger partial charge in [-0.25, -0.2) is 0 Å². The van der Waals surface area contributed by atoms with Crippen molar-refractivity contribution < 1.29 is 0 Å². The van der Waals surface area contributed by atoms with Crippen molar-refractivity contribution in [3.63, 3.8) is 0 Å². The van der Waals surface area contributed by atoms with Crippen molar-refractivity contribution in [2.75, 3.05) is 11.9 Å². The Balaban J connectivity index is 2.72. The molecule has 1 aromatic rings. The van der Waals surface area contributed by atoms with Crippen molar-refractivity contribution >= 4 is 21.6 Å². The third kappa shape index (κ3) is 3.23. The quantitative estimate of drug-likeness (QED) is 0.850. The summed E-state index contributed by atoms with van der Waals surface area (Å²) in [6.07, 6.45) is 0. The van der Waals surface area contributed by atoms with E-state index in [2.05, 4.69) is 59.9 Å². The Hall–Kier alpha value is -0.760. The zero-order valence-electron chi connectivity index (χ0n) is 8.02. The van der Waals surface area contributed by atoms with Crippen LogP contribution in [0.25, 0.3) is 0 Å². The third-order valence-corrected chi connectivity index (χ3v) is 2.13. The number of aryl methyl sites for hydroxylation is 2. The smallest absolute Gasteiger partial charge is 0.0460 e. The molecule has 0 spiro atoms. The number of hydrogen-bond donors (Lipinski definition) is 1. The molecule has 1 aromatic carbocycles. The molecular formula is C11H14BrN. The highest BCUT2D eigenvalue weighted by molar-refractivity contribution is 9.11. The molecule has 0 heterocycles. The molecule has 0 saturated heterocycles. The lowest BCUT2D eigenvalue weighted by Gasteiger charge is -2.08. The minimum atomic E-state index is 0.768. The number of hydrogen-bond acceptors (Lipinski definition) is 1. The molecule has 1 nitrogen and oxygen atoms in total. The van der Waals surface area contributed by atoms with E-state index in [9.17, 15) is 0 Å². The molecule has 1 rings (SSSR count). The van der Waals surface area contributed by atoms with Crippen LogP contribution in [0.3, 0.4) is 0 Å². The summed E-state index contributed by atoms with van der Waals surface area (Å²) in [7, 11) is 0. The molecule has 0 atom stereocenters. The SMILES string of the molecule is C=C(Br)CNc1ccc(C)cc1C. The predicted molar refractivity (Wildman–Crippen MR) is 62.5 cm³/mol. The van der Waals surface area contributed by atoms with E-state index in [-0.39, 0.29) is 0 Å². The van der Waals surface area contributed by atoms with E-state index in [1.54, 1.807) is 0 Å². The van der Waals surface area contributed by atoms with Crippen LogP contribution in [0.4, 0.5) is 5.69 Å². The summed E-state index contributed by atoms with van der Waals surface area (Å²) in [6, 6.07) is 6.37. The second kappa shape index (κ2) is 4.47. The second-order valence-corrected chi connectivity index (χ2v) is 4.31. The van der Waals surface area contributed by atoms with E-state index >= 15 is 0 Å². The van der Waals surface area contributed by atoms with Crippen molar-refractivity contribution in [1.29, 1.82) is 0 Å². The Morgan fingerprint density at radius 3 is 2.69 bits per heavy atom. The summed E-state index contributed by atoms with van der Waals surface area (Å²) in [4.78, 5) is 0. The maximum atomic E-state index is 3.77. The molecule has 2 heteroatoms. The van der Waals surface area contributed by atoms with Crippen molar-refractivity contribution in [3.8, 4) is 0 Å². The van der Waals surface area contributed by atoms with Crippen LogP contribution in [0.2, 0.25) is 0 Å². The number of halogens is 1. The van der Waals surface area contributed by atoms with Crippen LogP contribution in [-0.4, -0.2) is 6.54 Å². The lowest BCUT2D eigenvalue weighted by molar-refractivity contribution is 1.28. The largest absolute Gasteiger partial charge is 0.380 e. The Labute approximate surface area is 88.0 Å². The average Bonchev–Trinajstić information content (AvgIpc) is 2.02. The van der Waals surface area contributed by atoms with E-state index in [0.717, 1.165) is 11.0 Å². The fraction of sp³-hybridized carbons (Fsp3) is 0.273. The molecule has 0 aromatic heterocycles. The highest BCUT2D eigenvalue weighted by Gasteiger charge is 1.96. The summed E-state index contributed by atoms with van der Waals surface area (Å²) in [6.45, 7) is 8.74. The molecule has 0 aliphatic heterocycles. The monoisotopic (exact) mass is 239 g/mol. The van der Waals surface area contributed by atoms with E-state index in [1.807, 2.05) is 0 Å². The van der Waals surface area contributed by atoms with E-state index in [4.69, 9.17) is 0 Å². The van der Waals surface area contributed by atoms with Gasteiger partial charge in [0.05, 0.1) is 0 Å². The fourth-order valence-corrected chi connectivity index (χ4v) is 1.34. The van der Waals surface area contributed by atoms with Crippen LogP contribution in [-0.2, 0) is 0 Å². The van der Waals surface area contributed by atoms with Gasteiger partial charge in [0, 0.05) is 16.7 Å². The first-order chi connectivity index (χ1) is 6.09. The maximum absolute atomic E-state index is 3.77. The first-order valence-corrected chi connectivity index (χ1v) is 5.03. The maximum Gasteiger partial charge on any atom is 0.0460 e. The van der Waals surface area contributed by atoms with Crippen LogP contribution in [0, 0.1) is 13.8 Å². The molecule has 0 aliphatic rings. The minimum Gasteiger partial charge on any atom is -0.380 e. The topological polar surface area (TPSA) is 12.0 Å². The van der Waals surface area contributed by atoms with Gasteiger partial charge in [-0.2, -0.15) is 0 Å². The molecule has 0 amide bonds. The summed E-state index contributed by atoms with van der Waals surface area (Å²) in [5, 5.41) is 3.29. The zero-order chi connectivity index (χ0) is 9.84. The first kappa shape index (κ1) is 10.3. The molecule has 0 fully saturated rings. The average molecular weight is 240 g/mol. The lowest BCUT2D eigenvalue weighted by Crippen LogP contribution is -2.02. The Kier molecular flexibility index (Phi) is 3.55. The summed E-state index contributed by atoms with van der Waals surface area (Å²) in [5.74, 6) is 0. The Morgan fingerprint density at radius 1 is 1.46 bits per heavy atom. The Bertz CT molecular complexity index is 318. The summed E-state index contributed by atoms with van der Waals surface area (Å²) >= 11 is 3.31.